The van der Waals surface area contributed by atoms with Gasteiger partial charge in [0, 0.05) is 37.8 Å². The van der Waals surface area contributed by atoms with Crippen LogP contribution in [0.1, 0.15) is 189 Å². The molecule has 1 saturated heterocycles. The summed E-state index contributed by atoms with van der Waals surface area (Å²) >= 11 is 0. The van der Waals surface area contributed by atoms with Crippen LogP contribution in [-0.2, 0) is 23.8 Å². The van der Waals surface area contributed by atoms with Gasteiger partial charge in [-0.1, -0.05) is 127 Å². The number of rotatable bonds is 32. The van der Waals surface area contributed by atoms with E-state index in [0.717, 1.165) is 64.2 Å². The SMILES string of the molecule is CCCCC/C=C\C/C=C\CCCCCCCC(=O)OC[C@@H]1CN(C(=O)OC(C)(C)C)C[C@H]1COC(=O)CCCCCCC/C=C\C/C=C\CCCCC. The van der Waals surface area contributed by atoms with Crippen molar-refractivity contribution in [3.8, 4) is 0 Å². The Morgan fingerprint density at radius 3 is 1.24 bits per heavy atom. The van der Waals surface area contributed by atoms with Crippen molar-refractivity contribution in [2.45, 2.75) is 194 Å². The molecule has 0 spiro atoms. The maximum absolute atomic E-state index is 12.8. The average molecular weight is 756 g/mol. The average Bonchev–Trinajstić information content (AvgIpc) is 3.55. The largest absolute Gasteiger partial charge is 0.465 e. The first-order chi connectivity index (χ1) is 26.2. The molecular weight excluding hydrogens is 675 g/mol. The van der Waals surface area contributed by atoms with E-state index in [1.165, 1.54) is 77.0 Å². The first kappa shape index (κ1) is 49.2. The lowest BCUT2D eigenvalue weighted by Gasteiger charge is -2.24. The zero-order valence-corrected chi connectivity index (χ0v) is 35.5. The molecule has 1 heterocycles. The van der Waals surface area contributed by atoms with Crippen LogP contribution in [0.25, 0.3) is 0 Å². The number of nitrogens with zero attached hydrogens (tertiary/aromatic N) is 1. The van der Waals surface area contributed by atoms with Crippen LogP contribution in [0.5, 0.6) is 0 Å². The molecule has 0 aromatic heterocycles. The maximum Gasteiger partial charge on any atom is 0.410 e. The van der Waals surface area contributed by atoms with E-state index in [0.29, 0.717) is 25.9 Å². The standard InChI is InChI=1S/C47H81NO6/c1-6-8-10-12-14-16-18-20-22-24-26-28-30-32-34-36-44(49)52-40-42-38-48(46(51)54-47(3,4)5)39-43(42)41-53-45(50)37-35-33-31-29-27-25-23-21-19-17-15-13-11-9-7-2/h14-17,20-23,42-43H,6-13,18-19,24-41H2,1-5H3/b16-14-,17-15-,22-20-,23-21-/t42-,43-/m0/s1. The molecule has 7 heteroatoms. The fourth-order valence-electron chi connectivity index (χ4n) is 6.50. The molecule has 0 N–H and O–H groups in total. The zero-order valence-electron chi connectivity index (χ0n) is 35.5. The molecule has 310 valence electrons. The van der Waals surface area contributed by atoms with Gasteiger partial charge in [0.15, 0.2) is 0 Å². The summed E-state index contributed by atoms with van der Waals surface area (Å²) in [4.78, 5) is 39.7. The summed E-state index contributed by atoms with van der Waals surface area (Å²) in [6, 6.07) is 0. The molecule has 0 bridgehead atoms. The van der Waals surface area contributed by atoms with Crippen LogP contribution in [0.15, 0.2) is 48.6 Å². The van der Waals surface area contributed by atoms with Crippen molar-refractivity contribution in [2.24, 2.45) is 11.8 Å². The molecule has 54 heavy (non-hydrogen) atoms. The lowest BCUT2D eigenvalue weighted by molar-refractivity contribution is -0.149. The van der Waals surface area contributed by atoms with Gasteiger partial charge in [0.2, 0.25) is 0 Å². The van der Waals surface area contributed by atoms with Crippen molar-refractivity contribution < 1.29 is 28.6 Å². The van der Waals surface area contributed by atoms with Gasteiger partial charge in [-0.15, -0.1) is 0 Å². The quantitative estimate of drug-likeness (QED) is 0.0294. The molecule has 0 aromatic rings. The van der Waals surface area contributed by atoms with Gasteiger partial charge in [-0.3, -0.25) is 9.59 Å². The molecule has 7 nitrogen and oxygen atoms in total. The molecule has 0 radical (unpaired) electrons. The number of hydrogen-bond donors (Lipinski definition) is 0. The van der Waals surface area contributed by atoms with Crippen LogP contribution in [0, 0.1) is 11.8 Å². The highest BCUT2D eigenvalue weighted by Gasteiger charge is 2.38. The number of esters is 2. The second-order valence-corrected chi connectivity index (χ2v) is 16.2. The predicted molar refractivity (Wildman–Crippen MR) is 225 cm³/mol. The van der Waals surface area contributed by atoms with Gasteiger partial charge < -0.3 is 19.1 Å². The summed E-state index contributed by atoms with van der Waals surface area (Å²) in [5, 5.41) is 0. The van der Waals surface area contributed by atoms with E-state index in [-0.39, 0.29) is 43.1 Å². The minimum absolute atomic E-state index is 0.102. The Kier molecular flexibility index (Phi) is 30.5. The minimum atomic E-state index is -0.604. The van der Waals surface area contributed by atoms with Crippen molar-refractivity contribution in [3.63, 3.8) is 0 Å². The summed E-state index contributed by atoms with van der Waals surface area (Å²) in [5.74, 6) is -0.605. The van der Waals surface area contributed by atoms with Gasteiger partial charge in [0.1, 0.15) is 5.60 Å². The molecule has 0 aliphatic carbocycles. The third-order valence-corrected chi connectivity index (χ3v) is 9.81. The van der Waals surface area contributed by atoms with Crippen LogP contribution in [-0.4, -0.2) is 54.8 Å². The van der Waals surface area contributed by atoms with Gasteiger partial charge in [-0.2, -0.15) is 0 Å². The van der Waals surface area contributed by atoms with Gasteiger partial charge in [-0.05, 0) is 97.8 Å². The van der Waals surface area contributed by atoms with Crippen LogP contribution in [0.4, 0.5) is 4.79 Å². The molecule has 0 saturated carbocycles. The second-order valence-electron chi connectivity index (χ2n) is 16.2. The molecule has 1 aliphatic rings. The van der Waals surface area contributed by atoms with Gasteiger partial charge >= 0.3 is 18.0 Å². The Labute approximate surface area is 331 Å². The molecule has 0 aromatic carbocycles. The predicted octanol–water partition coefficient (Wildman–Crippen LogP) is 13.2. The molecular formula is C47H81NO6. The van der Waals surface area contributed by atoms with Crippen LogP contribution < -0.4 is 0 Å². The van der Waals surface area contributed by atoms with E-state index in [1.807, 2.05) is 20.8 Å². The Hall–Kier alpha value is -2.83. The van der Waals surface area contributed by atoms with Crippen molar-refractivity contribution in [1.82, 2.24) is 4.90 Å². The number of allylic oxidation sites excluding steroid dienone is 8. The normalized spacial score (nSPS) is 16.4. The van der Waals surface area contributed by atoms with E-state index >= 15 is 0 Å². The number of carbonyl (C=O) groups is 3. The van der Waals surface area contributed by atoms with Gasteiger partial charge in [0.05, 0.1) is 13.2 Å². The highest BCUT2D eigenvalue weighted by molar-refractivity contribution is 5.70. The summed E-state index contributed by atoms with van der Waals surface area (Å²) in [5.41, 5.74) is -0.604. The first-order valence-corrected chi connectivity index (χ1v) is 22.0. The van der Waals surface area contributed by atoms with Crippen molar-refractivity contribution in [3.05, 3.63) is 48.6 Å². The summed E-state index contributed by atoms with van der Waals surface area (Å²) in [7, 11) is 0. The number of hydrogen-bond acceptors (Lipinski definition) is 6. The third kappa shape index (κ3) is 29.5. The lowest BCUT2D eigenvalue weighted by Crippen LogP contribution is -2.35. The summed E-state index contributed by atoms with van der Waals surface area (Å²) in [6.07, 6.45) is 43.7. The van der Waals surface area contributed by atoms with Crippen LogP contribution in [0.3, 0.4) is 0 Å². The van der Waals surface area contributed by atoms with Crippen molar-refractivity contribution in [2.75, 3.05) is 26.3 Å². The maximum atomic E-state index is 12.8. The van der Waals surface area contributed by atoms with E-state index in [2.05, 4.69) is 62.5 Å². The molecule has 1 rings (SSSR count). The summed E-state index contributed by atoms with van der Waals surface area (Å²) in [6.45, 7) is 11.3. The van der Waals surface area contributed by atoms with Crippen molar-refractivity contribution in [1.29, 1.82) is 0 Å². The monoisotopic (exact) mass is 756 g/mol. The fourth-order valence-corrected chi connectivity index (χ4v) is 6.50. The zero-order chi connectivity index (χ0) is 39.5. The number of ether oxygens (including phenoxy) is 3. The van der Waals surface area contributed by atoms with Gasteiger partial charge in [0.25, 0.3) is 0 Å². The number of likely N-dealkylation sites (tertiary alicyclic amines) is 1. The Bertz CT molecular complexity index is 1000. The van der Waals surface area contributed by atoms with E-state index in [1.54, 1.807) is 4.90 Å². The van der Waals surface area contributed by atoms with E-state index in [4.69, 9.17) is 14.2 Å². The fraction of sp³-hybridized carbons (Fsp3) is 0.766. The Morgan fingerprint density at radius 2 is 0.870 bits per heavy atom. The summed E-state index contributed by atoms with van der Waals surface area (Å²) < 4.78 is 17.0. The minimum Gasteiger partial charge on any atom is -0.465 e. The first-order valence-electron chi connectivity index (χ1n) is 22.0. The number of amides is 1. The lowest BCUT2D eigenvalue weighted by atomic mass is 9.98. The Balaban J connectivity index is 2.28. The highest BCUT2D eigenvalue weighted by Crippen LogP contribution is 2.27. The number of carbonyl (C=O) groups excluding carboxylic acids is 3. The third-order valence-electron chi connectivity index (χ3n) is 9.81. The smallest absolute Gasteiger partial charge is 0.410 e. The van der Waals surface area contributed by atoms with Gasteiger partial charge in [-0.25, -0.2) is 4.79 Å². The number of unbranched alkanes of at least 4 members (excludes halogenated alkanes) is 16. The molecule has 0 unspecified atom stereocenters. The van der Waals surface area contributed by atoms with Crippen LogP contribution in [0.2, 0.25) is 0 Å². The van der Waals surface area contributed by atoms with Crippen LogP contribution >= 0.6 is 0 Å². The molecule has 2 atom stereocenters. The molecule has 1 amide bonds. The van der Waals surface area contributed by atoms with Crippen molar-refractivity contribution >= 4 is 18.0 Å². The van der Waals surface area contributed by atoms with E-state index < -0.39 is 5.60 Å². The molecule has 1 fully saturated rings. The second kappa shape index (κ2) is 33.5. The highest BCUT2D eigenvalue weighted by atomic mass is 16.6. The van der Waals surface area contributed by atoms with E-state index in [9.17, 15) is 14.4 Å². The Morgan fingerprint density at radius 1 is 0.519 bits per heavy atom. The molecule has 1 aliphatic heterocycles. The topological polar surface area (TPSA) is 82.1 Å².